The molecule has 5 heteroatoms. The van der Waals surface area contributed by atoms with Gasteiger partial charge in [-0.2, -0.15) is 0 Å². The number of para-hydroxylation sites is 1. The normalized spacial score (nSPS) is 12.2. The van der Waals surface area contributed by atoms with Gasteiger partial charge in [-0.3, -0.25) is 9.69 Å². The van der Waals surface area contributed by atoms with Gasteiger partial charge in [0, 0.05) is 17.0 Å². The maximum Gasteiger partial charge on any atom is 0.234 e. The van der Waals surface area contributed by atoms with Gasteiger partial charge in [0.25, 0.3) is 0 Å². The van der Waals surface area contributed by atoms with Gasteiger partial charge >= 0.3 is 0 Å². The zero-order chi connectivity index (χ0) is 15.9. The van der Waals surface area contributed by atoms with E-state index in [0.29, 0.717) is 13.1 Å². The van der Waals surface area contributed by atoms with Crippen molar-refractivity contribution in [3.8, 4) is 5.75 Å². The van der Waals surface area contributed by atoms with Crippen molar-refractivity contribution in [2.45, 2.75) is 19.5 Å². The number of methoxy groups -OCH3 is 1. The Balaban J connectivity index is 1.86. The summed E-state index contributed by atoms with van der Waals surface area (Å²) in [5, 5.41) is 5.05. The molecule has 22 heavy (non-hydrogen) atoms. The fraction of sp³-hybridized carbons (Fsp3) is 0.353. The van der Waals surface area contributed by atoms with E-state index in [1.54, 1.807) is 18.4 Å². The fourth-order valence-electron chi connectivity index (χ4n) is 2.32. The second-order valence-corrected chi connectivity index (χ2v) is 6.27. The average Bonchev–Trinajstić information content (AvgIpc) is 3.01. The molecular formula is C17H22N2O2S. The third-order valence-corrected chi connectivity index (χ3v) is 4.45. The van der Waals surface area contributed by atoms with Crippen LogP contribution >= 0.6 is 11.3 Å². The van der Waals surface area contributed by atoms with E-state index in [2.05, 4.69) is 5.32 Å². The molecule has 0 fully saturated rings. The van der Waals surface area contributed by atoms with E-state index in [-0.39, 0.29) is 11.9 Å². The number of hydrogen-bond donors (Lipinski definition) is 1. The van der Waals surface area contributed by atoms with E-state index < -0.39 is 0 Å². The maximum atomic E-state index is 12.1. The maximum absolute atomic E-state index is 12.1. The molecule has 1 atom stereocenters. The van der Waals surface area contributed by atoms with Crippen LogP contribution in [-0.4, -0.2) is 31.5 Å². The van der Waals surface area contributed by atoms with Crippen LogP contribution in [0.2, 0.25) is 0 Å². The van der Waals surface area contributed by atoms with E-state index in [0.717, 1.165) is 11.3 Å². The smallest absolute Gasteiger partial charge is 0.234 e. The molecule has 0 saturated heterocycles. The number of ether oxygens (including phenoxy) is 1. The fourth-order valence-corrected chi connectivity index (χ4v) is 3.06. The molecule has 1 aromatic heterocycles. The molecule has 0 aliphatic carbocycles. The number of carbonyl (C=O) groups is 1. The second-order valence-electron chi connectivity index (χ2n) is 5.29. The molecular weight excluding hydrogens is 296 g/mol. The average molecular weight is 318 g/mol. The second kappa shape index (κ2) is 7.96. The number of likely N-dealkylation sites (N-methyl/N-ethyl adjacent to an activating group) is 1. The number of amides is 1. The predicted octanol–water partition coefficient (Wildman–Crippen LogP) is 3.07. The van der Waals surface area contributed by atoms with Gasteiger partial charge in [-0.05, 0) is 31.5 Å². The summed E-state index contributed by atoms with van der Waals surface area (Å²) >= 11 is 1.65. The molecule has 0 saturated carbocycles. The lowest BCUT2D eigenvalue weighted by Crippen LogP contribution is -2.36. The highest BCUT2D eigenvalue weighted by molar-refractivity contribution is 7.10. The van der Waals surface area contributed by atoms with Crippen molar-refractivity contribution in [1.82, 2.24) is 10.2 Å². The highest BCUT2D eigenvalue weighted by Crippen LogP contribution is 2.19. The minimum absolute atomic E-state index is 0.0262. The van der Waals surface area contributed by atoms with Crippen LogP contribution in [0.5, 0.6) is 5.75 Å². The molecule has 1 amide bonds. The van der Waals surface area contributed by atoms with E-state index in [4.69, 9.17) is 4.74 Å². The Morgan fingerprint density at radius 3 is 2.77 bits per heavy atom. The number of thiophene rings is 1. The first-order valence-electron chi connectivity index (χ1n) is 7.23. The lowest BCUT2D eigenvalue weighted by molar-refractivity contribution is -0.122. The first kappa shape index (κ1) is 16.5. The van der Waals surface area contributed by atoms with Crippen molar-refractivity contribution < 1.29 is 9.53 Å². The van der Waals surface area contributed by atoms with Crippen LogP contribution in [0.1, 0.15) is 23.4 Å². The van der Waals surface area contributed by atoms with E-state index in [9.17, 15) is 4.79 Å². The third-order valence-electron chi connectivity index (χ3n) is 3.39. The molecule has 118 valence electrons. The number of carbonyl (C=O) groups excluding carboxylic acids is 1. The molecule has 0 bridgehead atoms. The highest BCUT2D eigenvalue weighted by atomic mass is 32.1. The lowest BCUT2D eigenvalue weighted by atomic mass is 10.2. The Morgan fingerprint density at radius 2 is 2.09 bits per heavy atom. The van der Waals surface area contributed by atoms with Crippen LogP contribution in [0, 0.1) is 0 Å². The molecule has 1 heterocycles. The number of nitrogens with zero attached hydrogens (tertiary/aromatic N) is 1. The minimum Gasteiger partial charge on any atom is -0.496 e. The van der Waals surface area contributed by atoms with E-state index in [1.165, 1.54) is 4.88 Å². The van der Waals surface area contributed by atoms with Crippen LogP contribution < -0.4 is 10.1 Å². The molecule has 0 spiro atoms. The molecule has 0 aliphatic rings. The Kier molecular flexibility index (Phi) is 5.98. The molecule has 2 rings (SSSR count). The van der Waals surface area contributed by atoms with Crippen LogP contribution in [0.15, 0.2) is 41.8 Å². The molecule has 1 N–H and O–H groups in total. The number of nitrogens with one attached hydrogen (secondary N) is 1. The summed E-state index contributed by atoms with van der Waals surface area (Å²) < 4.78 is 5.34. The Morgan fingerprint density at radius 1 is 1.32 bits per heavy atom. The first-order chi connectivity index (χ1) is 10.6. The van der Waals surface area contributed by atoms with Gasteiger partial charge in [0.2, 0.25) is 5.91 Å². The molecule has 0 aliphatic heterocycles. The van der Waals surface area contributed by atoms with Crippen molar-refractivity contribution in [3.63, 3.8) is 0 Å². The summed E-state index contributed by atoms with van der Waals surface area (Å²) in [7, 11) is 3.59. The van der Waals surface area contributed by atoms with Gasteiger partial charge in [0.05, 0.1) is 19.7 Å². The summed E-state index contributed by atoms with van der Waals surface area (Å²) in [6.45, 7) is 3.03. The largest absolute Gasteiger partial charge is 0.496 e. The minimum atomic E-state index is 0.0262. The van der Waals surface area contributed by atoms with Crippen molar-refractivity contribution in [1.29, 1.82) is 0 Å². The third kappa shape index (κ3) is 4.58. The summed E-state index contributed by atoms with van der Waals surface area (Å²) in [5.74, 6) is 0.875. The highest BCUT2D eigenvalue weighted by Gasteiger charge is 2.13. The van der Waals surface area contributed by atoms with Gasteiger partial charge in [-0.25, -0.2) is 0 Å². The zero-order valence-corrected chi connectivity index (χ0v) is 14.0. The molecule has 0 radical (unpaired) electrons. The first-order valence-corrected chi connectivity index (χ1v) is 8.11. The van der Waals surface area contributed by atoms with Crippen molar-refractivity contribution in [2.75, 3.05) is 20.7 Å². The van der Waals surface area contributed by atoms with Crippen LogP contribution in [0.4, 0.5) is 0 Å². The Bertz CT molecular complexity index is 598. The summed E-state index contributed by atoms with van der Waals surface area (Å²) in [6, 6.07) is 11.9. The number of rotatable bonds is 7. The van der Waals surface area contributed by atoms with Crippen LogP contribution in [-0.2, 0) is 11.3 Å². The topological polar surface area (TPSA) is 41.6 Å². The molecule has 1 aromatic carbocycles. The Labute approximate surface area is 135 Å². The van der Waals surface area contributed by atoms with Gasteiger partial charge in [0.15, 0.2) is 0 Å². The van der Waals surface area contributed by atoms with Gasteiger partial charge < -0.3 is 10.1 Å². The van der Waals surface area contributed by atoms with Gasteiger partial charge in [-0.15, -0.1) is 11.3 Å². The van der Waals surface area contributed by atoms with Crippen LogP contribution in [0.3, 0.4) is 0 Å². The summed E-state index contributed by atoms with van der Waals surface area (Å²) in [5.41, 5.74) is 1.08. The van der Waals surface area contributed by atoms with Gasteiger partial charge in [0.1, 0.15) is 5.75 Å². The van der Waals surface area contributed by atoms with E-state index in [1.807, 2.05) is 60.6 Å². The quantitative estimate of drug-likeness (QED) is 0.853. The summed E-state index contributed by atoms with van der Waals surface area (Å²) in [6.07, 6.45) is 0. The van der Waals surface area contributed by atoms with E-state index >= 15 is 0 Å². The van der Waals surface area contributed by atoms with Crippen LogP contribution in [0.25, 0.3) is 0 Å². The SMILES string of the molecule is COc1ccccc1CN(C)CC(=O)N[C@@H](C)c1cccs1. The predicted molar refractivity (Wildman–Crippen MR) is 90.2 cm³/mol. The Hall–Kier alpha value is -1.85. The zero-order valence-electron chi connectivity index (χ0n) is 13.2. The number of hydrogen-bond acceptors (Lipinski definition) is 4. The summed E-state index contributed by atoms with van der Waals surface area (Å²) in [4.78, 5) is 15.3. The van der Waals surface area contributed by atoms with Crippen molar-refractivity contribution >= 4 is 17.2 Å². The van der Waals surface area contributed by atoms with Gasteiger partial charge in [-0.1, -0.05) is 24.3 Å². The molecule has 2 aromatic rings. The van der Waals surface area contributed by atoms with Crippen molar-refractivity contribution in [3.05, 3.63) is 52.2 Å². The number of benzene rings is 1. The monoisotopic (exact) mass is 318 g/mol. The molecule has 0 unspecified atom stereocenters. The van der Waals surface area contributed by atoms with Crippen molar-refractivity contribution in [2.24, 2.45) is 0 Å². The standard InChI is InChI=1S/C17H22N2O2S/c1-13(16-9-6-10-22-16)18-17(20)12-19(2)11-14-7-4-5-8-15(14)21-3/h4-10,13H,11-12H2,1-3H3,(H,18,20)/t13-/m0/s1. The lowest BCUT2D eigenvalue weighted by Gasteiger charge is -2.19. The molecule has 4 nitrogen and oxygen atoms in total.